The van der Waals surface area contributed by atoms with Crippen LogP contribution < -0.4 is 15.0 Å². The average Bonchev–Trinajstić information content (AvgIpc) is 3.33. The number of rotatable bonds is 6. The molecule has 1 saturated heterocycles. The second-order valence-corrected chi connectivity index (χ2v) is 9.91. The highest BCUT2D eigenvalue weighted by Crippen LogP contribution is 2.33. The lowest BCUT2D eigenvalue weighted by atomic mass is 9.96. The average molecular weight is 504 g/mol. The summed E-state index contributed by atoms with van der Waals surface area (Å²) in [4.78, 5) is 30.5. The zero-order valence-electron chi connectivity index (χ0n) is 20.4. The Kier molecular flexibility index (Phi) is 7.25. The number of ether oxygens (including phenoxy) is 1. The molecule has 0 aromatic heterocycles. The fraction of sp³-hybridized carbons (Fsp3) is 0.310. The Morgan fingerprint density at radius 1 is 1.03 bits per heavy atom. The highest BCUT2D eigenvalue weighted by atomic mass is 35.5. The van der Waals surface area contributed by atoms with E-state index >= 15 is 0 Å². The monoisotopic (exact) mass is 503 g/mol. The first-order chi connectivity index (χ1) is 17.5. The standard InChI is InChI=1S/C29H30ClN3O3/c1-36-26-12-7-22(8-13-26)29(35)33-16-14-21-6-11-25(17-27(21)33)31-28(34)23-3-2-15-32(19-23)18-20-4-9-24(30)10-5-20/h4-13,17,23H,2-3,14-16,18-19H2,1H3,(H,31,34). The van der Waals surface area contributed by atoms with Gasteiger partial charge in [0.05, 0.1) is 13.0 Å². The first kappa shape index (κ1) is 24.3. The van der Waals surface area contributed by atoms with Crippen molar-refractivity contribution < 1.29 is 14.3 Å². The van der Waals surface area contributed by atoms with Gasteiger partial charge in [-0.25, -0.2) is 0 Å². The number of benzene rings is 3. The molecule has 1 N–H and O–H groups in total. The van der Waals surface area contributed by atoms with E-state index in [1.54, 1.807) is 36.3 Å². The number of halogens is 1. The molecule has 6 nitrogen and oxygen atoms in total. The van der Waals surface area contributed by atoms with Crippen LogP contribution in [0.3, 0.4) is 0 Å². The normalized spacial score (nSPS) is 17.5. The number of carbonyl (C=O) groups excluding carboxylic acids is 2. The van der Waals surface area contributed by atoms with Crippen molar-refractivity contribution in [1.82, 2.24) is 4.90 Å². The van der Waals surface area contributed by atoms with Gasteiger partial charge in [0.1, 0.15) is 5.75 Å². The van der Waals surface area contributed by atoms with Crippen LogP contribution in [0.2, 0.25) is 5.02 Å². The number of piperidine rings is 1. The molecule has 2 aliphatic heterocycles. The van der Waals surface area contributed by atoms with Crippen LogP contribution in [-0.4, -0.2) is 43.5 Å². The molecule has 0 aliphatic carbocycles. The van der Waals surface area contributed by atoms with E-state index in [-0.39, 0.29) is 17.7 Å². The van der Waals surface area contributed by atoms with Gasteiger partial charge < -0.3 is 15.0 Å². The molecule has 2 heterocycles. The number of methoxy groups -OCH3 is 1. The van der Waals surface area contributed by atoms with E-state index in [4.69, 9.17) is 16.3 Å². The highest BCUT2D eigenvalue weighted by Gasteiger charge is 2.28. The van der Waals surface area contributed by atoms with Gasteiger partial charge in [0.2, 0.25) is 5.91 Å². The summed E-state index contributed by atoms with van der Waals surface area (Å²) < 4.78 is 5.20. The van der Waals surface area contributed by atoms with Crippen molar-refractivity contribution in [1.29, 1.82) is 0 Å². The number of fused-ring (bicyclic) bond motifs is 1. The lowest BCUT2D eigenvalue weighted by Gasteiger charge is -2.32. The summed E-state index contributed by atoms with van der Waals surface area (Å²) in [5.74, 6) is 0.621. The third kappa shape index (κ3) is 5.40. The number of nitrogens with one attached hydrogen (secondary N) is 1. The van der Waals surface area contributed by atoms with E-state index in [2.05, 4.69) is 10.2 Å². The van der Waals surface area contributed by atoms with Gasteiger partial charge >= 0.3 is 0 Å². The maximum atomic E-state index is 13.2. The molecular weight excluding hydrogens is 474 g/mol. The van der Waals surface area contributed by atoms with Crippen LogP contribution in [0.15, 0.2) is 66.7 Å². The number of hydrogen-bond donors (Lipinski definition) is 1. The fourth-order valence-electron chi connectivity index (χ4n) is 5.06. The molecule has 1 fully saturated rings. The summed E-state index contributed by atoms with van der Waals surface area (Å²) in [6.45, 7) is 3.14. The number of nitrogens with zero attached hydrogens (tertiary/aromatic N) is 2. The van der Waals surface area contributed by atoms with Crippen molar-refractivity contribution in [3.8, 4) is 5.75 Å². The molecule has 5 rings (SSSR count). The maximum absolute atomic E-state index is 13.2. The summed E-state index contributed by atoms with van der Waals surface area (Å²) in [7, 11) is 1.61. The van der Waals surface area contributed by atoms with Crippen LogP contribution in [0.1, 0.15) is 34.3 Å². The first-order valence-electron chi connectivity index (χ1n) is 12.4. The fourth-order valence-corrected chi connectivity index (χ4v) is 5.19. The van der Waals surface area contributed by atoms with Gasteiger partial charge in [0.15, 0.2) is 0 Å². The predicted octanol–water partition coefficient (Wildman–Crippen LogP) is 5.40. The van der Waals surface area contributed by atoms with E-state index in [1.165, 1.54) is 5.56 Å². The minimum atomic E-state index is -0.0728. The van der Waals surface area contributed by atoms with Gasteiger partial charge in [-0.15, -0.1) is 0 Å². The zero-order valence-corrected chi connectivity index (χ0v) is 21.1. The van der Waals surface area contributed by atoms with Gasteiger partial charge in [0, 0.05) is 41.6 Å². The van der Waals surface area contributed by atoms with Crippen LogP contribution in [-0.2, 0) is 17.8 Å². The molecule has 3 aromatic carbocycles. The van der Waals surface area contributed by atoms with Crippen LogP contribution >= 0.6 is 11.6 Å². The maximum Gasteiger partial charge on any atom is 0.258 e. The van der Waals surface area contributed by atoms with E-state index < -0.39 is 0 Å². The van der Waals surface area contributed by atoms with Crippen molar-refractivity contribution in [2.24, 2.45) is 5.92 Å². The van der Waals surface area contributed by atoms with Crippen LogP contribution in [0.25, 0.3) is 0 Å². The number of anilines is 2. The third-order valence-corrected chi connectivity index (χ3v) is 7.28. The Morgan fingerprint density at radius 2 is 1.81 bits per heavy atom. The quantitative estimate of drug-likeness (QED) is 0.489. The number of likely N-dealkylation sites (tertiary alicyclic amines) is 1. The largest absolute Gasteiger partial charge is 0.497 e. The van der Waals surface area contributed by atoms with E-state index in [9.17, 15) is 9.59 Å². The lowest BCUT2D eigenvalue weighted by molar-refractivity contribution is -0.121. The third-order valence-electron chi connectivity index (χ3n) is 7.03. The molecule has 2 amide bonds. The van der Waals surface area contributed by atoms with Crippen LogP contribution in [0, 0.1) is 5.92 Å². The summed E-state index contributed by atoms with van der Waals surface area (Å²) in [6.07, 6.45) is 2.66. The lowest BCUT2D eigenvalue weighted by Crippen LogP contribution is -2.40. The molecule has 0 bridgehead atoms. The van der Waals surface area contributed by atoms with E-state index in [1.807, 2.05) is 42.5 Å². The number of carbonyl (C=O) groups is 2. The van der Waals surface area contributed by atoms with Gasteiger partial charge in [-0.3, -0.25) is 14.5 Å². The van der Waals surface area contributed by atoms with Crippen molar-refractivity contribution in [3.05, 3.63) is 88.4 Å². The van der Waals surface area contributed by atoms with Gasteiger partial charge in [-0.1, -0.05) is 29.8 Å². The Hall–Kier alpha value is -3.35. The molecule has 7 heteroatoms. The number of amides is 2. The predicted molar refractivity (Wildman–Crippen MR) is 143 cm³/mol. The molecule has 36 heavy (non-hydrogen) atoms. The Morgan fingerprint density at radius 3 is 2.56 bits per heavy atom. The van der Waals surface area contributed by atoms with Crippen LogP contribution in [0.4, 0.5) is 11.4 Å². The molecule has 1 atom stereocenters. The van der Waals surface area contributed by atoms with Gasteiger partial charge in [-0.05, 0) is 85.5 Å². The smallest absolute Gasteiger partial charge is 0.258 e. The Bertz CT molecular complexity index is 1240. The summed E-state index contributed by atoms with van der Waals surface area (Å²) in [5.41, 5.74) is 4.51. The van der Waals surface area contributed by atoms with Crippen molar-refractivity contribution in [2.75, 3.05) is 37.0 Å². The van der Waals surface area contributed by atoms with Crippen LogP contribution in [0.5, 0.6) is 5.75 Å². The zero-order chi connectivity index (χ0) is 25.1. The van der Waals surface area contributed by atoms with Crippen molar-refractivity contribution in [3.63, 3.8) is 0 Å². The van der Waals surface area contributed by atoms with E-state index in [0.717, 1.165) is 60.9 Å². The SMILES string of the molecule is COc1ccc(C(=O)N2CCc3ccc(NC(=O)C4CCCN(Cc5ccc(Cl)cc5)C4)cc32)cc1. The van der Waals surface area contributed by atoms with Gasteiger partial charge in [-0.2, -0.15) is 0 Å². The topological polar surface area (TPSA) is 61.9 Å². The van der Waals surface area contributed by atoms with Gasteiger partial charge in [0.25, 0.3) is 5.91 Å². The molecule has 0 saturated carbocycles. The summed E-state index contributed by atoms with van der Waals surface area (Å²) in [5, 5.41) is 3.84. The van der Waals surface area contributed by atoms with Crippen molar-refractivity contribution in [2.45, 2.75) is 25.8 Å². The molecule has 0 spiro atoms. The molecule has 2 aliphatic rings. The van der Waals surface area contributed by atoms with Crippen molar-refractivity contribution >= 4 is 34.8 Å². The molecule has 3 aromatic rings. The molecular formula is C29H30ClN3O3. The highest BCUT2D eigenvalue weighted by molar-refractivity contribution is 6.30. The number of hydrogen-bond acceptors (Lipinski definition) is 4. The second-order valence-electron chi connectivity index (χ2n) is 9.47. The van der Waals surface area contributed by atoms with E-state index in [0.29, 0.717) is 17.9 Å². The minimum Gasteiger partial charge on any atom is -0.497 e. The molecule has 186 valence electrons. The Balaban J connectivity index is 1.24. The molecule has 1 unspecified atom stereocenters. The summed E-state index contributed by atoms with van der Waals surface area (Å²) >= 11 is 6.01. The first-order valence-corrected chi connectivity index (χ1v) is 12.7. The molecule has 0 radical (unpaired) electrons. The Labute approximate surface area is 216 Å². The summed E-state index contributed by atoms with van der Waals surface area (Å²) in [6, 6.07) is 20.9. The minimum absolute atomic E-state index is 0.0294. The second kappa shape index (κ2) is 10.7.